The molecule has 108 valence electrons. The predicted molar refractivity (Wildman–Crippen MR) is 70.4 cm³/mol. The molecule has 1 aromatic heterocycles. The molecule has 3 N–H and O–H groups in total. The topological polar surface area (TPSA) is 133 Å². The molecule has 0 atom stereocenters. The number of nitrogens with one attached hydrogen (secondary N) is 1. The van der Waals surface area contributed by atoms with E-state index in [0.29, 0.717) is 6.54 Å². The maximum absolute atomic E-state index is 11.0. The van der Waals surface area contributed by atoms with Gasteiger partial charge >= 0.3 is 5.69 Å². The van der Waals surface area contributed by atoms with Gasteiger partial charge in [0.15, 0.2) is 0 Å². The van der Waals surface area contributed by atoms with Crippen LogP contribution in [0.2, 0.25) is 0 Å². The second kappa shape index (κ2) is 5.97. The summed E-state index contributed by atoms with van der Waals surface area (Å²) in [6, 6.07) is 0. The van der Waals surface area contributed by atoms with Gasteiger partial charge in [0, 0.05) is 13.1 Å². The number of nitro groups is 1. The van der Waals surface area contributed by atoms with Crippen LogP contribution in [0.15, 0.2) is 0 Å². The van der Waals surface area contributed by atoms with Crippen LogP contribution in [0.25, 0.3) is 0 Å². The Kier molecular flexibility index (Phi) is 4.84. The number of hydrogen-bond donors (Lipinski definition) is 2. The average Bonchev–Trinajstić information content (AvgIpc) is 2.54. The smallest absolute Gasteiger partial charge is 0.333 e. The highest BCUT2D eigenvalue weighted by Crippen LogP contribution is 2.28. The van der Waals surface area contributed by atoms with Crippen molar-refractivity contribution in [1.82, 2.24) is 9.78 Å². The SMILES string of the molecule is CCCn1nc(C)c([N+](=O)[O-])c1NCCS(N)(=O)=O. The molecule has 0 saturated heterocycles. The zero-order valence-electron chi connectivity index (χ0n) is 10.8. The van der Waals surface area contributed by atoms with E-state index in [4.69, 9.17) is 5.14 Å². The molecule has 0 aliphatic rings. The summed E-state index contributed by atoms with van der Waals surface area (Å²) in [6.45, 7) is 3.95. The molecule has 1 heterocycles. The van der Waals surface area contributed by atoms with Crippen LogP contribution in [0, 0.1) is 17.0 Å². The molecule has 0 bridgehead atoms. The third-order valence-electron chi connectivity index (χ3n) is 2.39. The monoisotopic (exact) mass is 291 g/mol. The number of sulfonamides is 1. The van der Waals surface area contributed by atoms with E-state index >= 15 is 0 Å². The Morgan fingerprint density at radius 2 is 2.16 bits per heavy atom. The van der Waals surface area contributed by atoms with Gasteiger partial charge in [-0.25, -0.2) is 18.2 Å². The van der Waals surface area contributed by atoms with Crippen LogP contribution in [-0.4, -0.2) is 35.4 Å². The Hall–Kier alpha value is -1.68. The number of primary sulfonamides is 1. The number of aryl methyl sites for hydroxylation is 2. The number of aromatic nitrogens is 2. The van der Waals surface area contributed by atoms with Crippen molar-refractivity contribution in [3.8, 4) is 0 Å². The molecule has 0 spiro atoms. The molecule has 0 saturated carbocycles. The van der Waals surface area contributed by atoms with Crippen LogP contribution in [-0.2, 0) is 16.6 Å². The number of nitrogens with two attached hydrogens (primary N) is 1. The van der Waals surface area contributed by atoms with Crippen LogP contribution in [0.5, 0.6) is 0 Å². The predicted octanol–water partition coefficient (Wildman–Crippen LogP) is 0.210. The van der Waals surface area contributed by atoms with E-state index in [0.717, 1.165) is 6.42 Å². The van der Waals surface area contributed by atoms with Crippen LogP contribution in [0.1, 0.15) is 19.0 Å². The lowest BCUT2D eigenvalue weighted by Crippen LogP contribution is -2.23. The summed E-state index contributed by atoms with van der Waals surface area (Å²) in [4.78, 5) is 10.5. The minimum Gasteiger partial charge on any atom is -0.363 e. The van der Waals surface area contributed by atoms with E-state index in [2.05, 4.69) is 10.4 Å². The Morgan fingerprint density at radius 3 is 2.63 bits per heavy atom. The molecule has 0 aromatic carbocycles. The van der Waals surface area contributed by atoms with E-state index < -0.39 is 14.9 Å². The third kappa shape index (κ3) is 4.17. The van der Waals surface area contributed by atoms with Gasteiger partial charge in [-0.15, -0.1) is 0 Å². The number of hydrogen-bond acceptors (Lipinski definition) is 6. The lowest BCUT2D eigenvalue weighted by Gasteiger charge is -2.07. The van der Waals surface area contributed by atoms with E-state index in [1.165, 1.54) is 11.6 Å². The Bertz CT molecular complexity index is 565. The number of rotatable bonds is 7. The maximum atomic E-state index is 11.0. The van der Waals surface area contributed by atoms with Crippen LogP contribution in [0.4, 0.5) is 11.5 Å². The molecule has 1 aromatic rings. The normalized spacial score (nSPS) is 11.5. The van der Waals surface area contributed by atoms with Crippen molar-refractivity contribution >= 4 is 21.5 Å². The van der Waals surface area contributed by atoms with Crippen LogP contribution >= 0.6 is 0 Å². The number of anilines is 1. The van der Waals surface area contributed by atoms with Gasteiger partial charge in [0.1, 0.15) is 5.69 Å². The molecule has 0 aliphatic heterocycles. The Labute approximate surface area is 111 Å². The van der Waals surface area contributed by atoms with E-state index in [1.54, 1.807) is 0 Å². The third-order valence-corrected chi connectivity index (χ3v) is 3.17. The zero-order chi connectivity index (χ0) is 14.6. The van der Waals surface area contributed by atoms with Gasteiger partial charge in [-0.2, -0.15) is 5.10 Å². The van der Waals surface area contributed by atoms with Crippen molar-refractivity contribution in [1.29, 1.82) is 0 Å². The fourth-order valence-electron chi connectivity index (χ4n) is 1.65. The molecular formula is C9H17N5O4S. The van der Waals surface area contributed by atoms with E-state index in [-0.39, 0.29) is 29.5 Å². The van der Waals surface area contributed by atoms with Gasteiger partial charge < -0.3 is 5.32 Å². The van der Waals surface area contributed by atoms with Crippen molar-refractivity contribution in [2.45, 2.75) is 26.8 Å². The molecule has 19 heavy (non-hydrogen) atoms. The van der Waals surface area contributed by atoms with Gasteiger partial charge in [-0.05, 0) is 13.3 Å². The fraction of sp³-hybridized carbons (Fsp3) is 0.667. The first-order chi connectivity index (χ1) is 8.76. The quantitative estimate of drug-likeness (QED) is 0.545. The Morgan fingerprint density at radius 1 is 1.53 bits per heavy atom. The second-order valence-corrected chi connectivity index (χ2v) is 5.79. The summed E-state index contributed by atoms with van der Waals surface area (Å²) < 4.78 is 23.1. The minimum absolute atomic E-state index is 0.00544. The van der Waals surface area contributed by atoms with Gasteiger partial charge in [0.05, 0.1) is 10.7 Å². The molecule has 0 unspecified atom stereocenters. The summed E-state index contributed by atoms with van der Waals surface area (Å²) in [5.74, 6) is -0.0893. The molecule has 0 radical (unpaired) electrons. The minimum atomic E-state index is -3.61. The average molecular weight is 291 g/mol. The van der Waals surface area contributed by atoms with Crippen LogP contribution < -0.4 is 10.5 Å². The van der Waals surface area contributed by atoms with Gasteiger partial charge in [0.2, 0.25) is 15.8 Å². The van der Waals surface area contributed by atoms with Crippen molar-refractivity contribution in [2.75, 3.05) is 17.6 Å². The number of nitrogens with zero attached hydrogens (tertiary/aromatic N) is 3. The highest BCUT2D eigenvalue weighted by Gasteiger charge is 2.24. The highest BCUT2D eigenvalue weighted by molar-refractivity contribution is 7.89. The van der Waals surface area contributed by atoms with Gasteiger partial charge in [-0.1, -0.05) is 6.92 Å². The molecule has 0 fully saturated rings. The van der Waals surface area contributed by atoms with Crippen molar-refractivity contribution in [3.05, 3.63) is 15.8 Å². The molecule has 0 amide bonds. The largest absolute Gasteiger partial charge is 0.363 e. The van der Waals surface area contributed by atoms with Crippen molar-refractivity contribution in [2.24, 2.45) is 5.14 Å². The molecule has 9 nitrogen and oxygen atoms in total. The van der Waals surface area contributed by atoms with Gasteiger partial charge in [-0.3, -0.25) is 10.1 Å². The summed E-state index contributed by atoms with van der Waals surface area (Å²) in [6.07, 6.45) is 0.752. The first-order valence-electron chi connectivity index (χ1n) is 5.72. The molecule has 0 aliphatic carbocycles. The molecule has 1 rings (SSSR count). The van der Waals surface area contributed by atoms with Crippen molar-refractivity contribution < 1.29 is 13.3 Å². The fourth-order valence-corrected chi connectivity index (χ4v) is 2.04. The van der Waals surface area contributed by atoms with E-state index in [1.807, 2.05) is 6.92 Å². The zero-order valence-corrected chi connectivity index (χ0v) is 11.6. The second-order valence-electron chi connectivity index (χ2n) is 4.06. The lowest BCUT2D eigenvalue weighted by atomic mass is 10.4. The summed E-state index contributed by atoms with van der Waals surface area (Å²) >= 11 is 0. The van der Waals surface area contributed by atoms with Crippen LogP contribution in [0.3, 0.4) is 0 Å². The van der Waals surface area contributed by atoms with Gasteiger partial charge in [0.25, 0.3) is 0 Å². The summed E-state index contributed by atoms with van der Waals surface area (Å²) in [5.41, 5.74) is 0.152. The summed E-state index contributed by atoms with van der Waals surface area (Å²) in [7, 11) is -3.61. The highest BCUT2D eigenvalue weighted by atomic mass is 32.2. The maximum Gasteiger partial charge on any atom is 0.333 e. The standard InChI is InChI=1S/C9H17N5O4S/c1-3-5-13-9(11-4-6-19(10,17)18)8(14(15)16)7(2)12-13/h11H,3-6H2,1-2H3,(H2,10,17,18). The lowest BCUT2D eigenvalue weighted by molar-refractivity contribution is -0.384. The molecular weight excluding hydrogens is 274 g/mol. The molecule has 10 heteroatoms. The van der Waals surface area contributed by atoms with E-state index in [9.17, 15) is 18.5 Å². The first kappa shape index (κ1) is 15.4. The Balaban J connectivity index is 2.98. The first-order valence-corrected chi connectivity index (χ1v) is 7.44. The van der Waals surface area contributed by atoms with Crippen molar-refractivity contribution in [3.63, 3.8) is 0 Å². The summed E-state index contributed by atoms with van der Waals surface area (Å²) in [5, 5.41) is 22.7.